The fourth-order valence-corrected chi connectivity index (χ4v) is 4.28. The highest BCUT2D eigenvalue weighted by molar-refractivity contribution is 6.08. The van der Waals surface area contributed by atoms with Crippen LogP contribution in [0, 0.1) is 0 Å². The second kappa shape index (κ2) is 10.5. The molecule has 0 radical (unpaired) electrons. The predicted molar refractivity (Wildman–Crippen MR) is 134 cm³/mol. The number of carbonyl (C=O) groups is 2. The molecular weight excluding hydrogens is 446 g/mol. The van der Waals surface area contributed by atoms with Crippen LogP contribution in [0.2, 0.25) is 0 Å². The molecule has 0 bridgehead atoms. The van der Waals surface area contributed by atoms with Crippen LogP contribution in [0.5, 0.6) is 11.5 Å². The summed E-state index contributed by atoms with van der Waals surface area (Å²) in [7, 11) is 3.31. The van der Waals surface area contributed by atoms with Gasteiger partial charge in [-0.25, -0.2) is 4.79 Å². The van der Waals surface area contributed by atoms with Gasteiger partial charge in [0.15, 0.2) is 11.5 Å². The van der Waals surface area contributed by atoms with Crippen molar-refractivity contribution in [3.8, 4) is 11.5 Å². The molecule has 0 saturated heterocycles. The van der Waals surface area contributed by atoms with Crippen molar-refractivity contribution in [2.24, 2.45) is 0 Å². The van der Waals surface area contributed by atoms with E-state index in [-0.39, 0.29) is 22.7 Å². The number of carboxylic acids is 1. The number of benzene rings is 3. The molecule has 3 aromatic carbocycles. The first-order chi connectivity index (χ1) is 16.9. The Morgan fingerprint density at radius 3 is 2.31 bits per heavy atom. The molecule has 0 spiro atoms. The van der Waals surface area contributed by atoms with Gasteiger partial charge >= 0.3 is 5.97 Å². The Kier molecular flexibility index (Phi) is 7.22. The standard InChI is InChI=1S/C27H29N3O5/c1-34-24-14-18-10-12-30(16-20(18)15-25(24)35-2)11-9-17-3-6-21(7-4-17)29-26(31)22-8-5-19(27(32)33)13-23(22)28/h3-8,13-15H,9-12,16,28H2,1-2H3,(H,29,31)(H,32,33). The molecule has 8 nitrogen and oxygen atoms in total. The van der Waals surface area contributed by atoms with E-state index in [4.69, 9.17) is 20.3 Å². The molecule has 0 atom stereocenters. The smallest absolute Gasteiger partial charge is 0.335 e. The summed E-state index contributed by atoms with van der Waals surface area (Å²) >= 11 is 0. The summed E-state index contributed by atoms with van der Waals surface area (Å²) in [6.07, 6.45) is 1.86. The number of rotatable bonds is 8. The van der Waals surface area contributed by atoms with Gasteiger partial charge in [-0.3, -0.25) is 9.69 Å². The van der Waals surface area contributed by atoms with Gasteiger partial charge in [0.1, 0.15) is 0 Å². The summed E-state index contributed by atoms with van der Waals surface area (Å²) in [6.45, 7) is 2.77. The van der Waals surface area contributed by atoms with Crippen LogP contribution in [0.15, 0.2) is 54.6 Å². The van der Waals surface area contributed by atoms with Crippen LogP contribution < -0.4 is 20.5 Å². The Morgan fingerprint density at radius 1 is 1.00 bits per heavy atom. The zero-order valence-corrected chi connectivity index (χ0v) is 19.8. The maximum absolute atomic E-state index is 12.6. The van der Waals surface area contributed by atoms with E-state index in [1.807, 2.05) is 24.3 Å². The fourth-order valence-electron chi connectivity index (χ4n) is 4.28. The molecule has 1 amide bonds. The third kappa shape index (κ3) is 5.55. The highest BCUT2D eigenvalue weighted by Crippen LogP contribution is 2.33. The second-order valence-electron chi connectivity index (χ2n) is 8.51. The van der Waals surface area contributed by atoms with Crippen molar-refractivity contribution < 1.29 is 24.2 Å². The number of nitrogens with zero attached hydrogens (tertiary/aromatic N) is 1. The first-order valence-corrected chi connectivity index (χ1v) is 11.4. The number of carboxylic acid groups (broad SMARTS) is 1. The van der Waals surface area contributed by atoms with Crippen LogP contribution in [0.3, 0.4) is 0 Å². The maximum Gasteiger partial charge on any atom is 0.335 e. The van der Waals surface area contributed by atoms with E-state index in [1.165, 1.54) is 34.9 Å². The van der Waals surface area contributed by atoms with Crippen LogP contribution in [0.4, 0.5) is 11.4 Å². The topological polar surface area (TPSA) is 114 Å². The second-order valence-corrected chi connectivity index (χ2v) is 8.51. The van der Waals surface area contributed by atoms with Crippen molar-refractivity contribution in [2.75, 3.05) is 38.4 Å². The summed E-state index contributed by atoms with van der Waals surface area (Å²) < 4.78 is 10.9. The van der Waals surface area contributed by atoms with Crippen molar-refractivity contribution in [1.29, 1.82) is 0 Å². The largest absolute Gasteiger partial charge is 0.493 e. The molecular formula is C27H29N3O5. The molecule has 0 aliphatic carbocycles. The van der Waals surface area contributed by atoms with Gasteiger partial charge in [-0.05, 0) is 72.0 Å². The van der Waals surface area contributed by atoms with Crippen molar-refractivity contribution in [2.45, 2.75) is 19.4 Å². The van der Waals surface area contributed by atoms with Crippen molar-refractivity contribution in [3.05, 3.63) is 82.4 Å². The zero-order chi connectivity index (χ0) is 24.9. The zero-order valence-electron chi connectivity index (χ0n) is 19.8. The molecule has 182 valence electrons. The molecule has 1 heterocycles. The lowest BCUT2D eigenvalue weighted by molar-refractivity contribution is 0.0696. The summed E-state index contributed by atoms with van der Waals surface area (Å²) in [5, 5.41) is 11.9. The Labute approximate surface area is 204 Å². The molecule has 1 aliphatic rings. The monoisotopic (exact) mass is 475 g/mol. The van der Waals surface area contributed by atoms with E-state index in [0.29, 0.717) is 5.69 Å². The number of amides is 1. The van der Waals surface area contributed by atoms with Crippen molar-refractivity contribution >= 4 is 23.3 Å². The predicted octanol–water partition coefficient (Wildman–Crippen LogP) is 3.84. The molecule has 0 aromatic heterocycles. The van der Waals surface area contributed by atoms with E-state index in [2.05, 4.69) is 22.3 Å². The molecule has 1 aliphatic heterocycles. The Balaban J connectivity index is 1.33. The number of anilines is 2. The average Bonchev–Trinajstić information content (AvgIpc) is 2.87. The van der Waals surface area contributed by atoms with Gasteiger partial charge in [0.25, 0.3) is 5.91 Å². The summed E-state index contributed by atoms with van der Waals surface area (Å²) in [5.74, 6) is 0.0522. The first kappa shape index (κ1) is 24.1. The average molecular weight is 476 g/mol. The molecule has 3 aromatic rings. The Morgan fingerprint density at radius 2 is 1.69 bits per heavy atom. The number of hydrogen-bond acceptors (Lipinski definition) is 6. The van der Waals surface area contributed by atoms with E-state index in [9.17, 15) is 9.59 Å². The normalized spacial score (nSPS) is 13.1. The highest BCUT2D eigenvalue weighted by atomic mass is 16.5. The van der Waals surface area contributed by atoms with Gasteiger partial charge in [-0.15, -0.1) is 0 Å². The van der Waals surface area contributed by atoms with E-state index in [1.54, 1.807) is 14.2 Å². The van der Waals surface area contributed by atoms with Crippen LogP contribution in [0.25, 0.3) is 0 Å². The molecule has 0 fully saturated rings. The van der Waals surface area contributed by atoms with Gasteiger partial charge in [-0.2, -0.15) is 0 Å². The number of hydrogen-bond donors (Lipinski definition) is 3. The maximum atomic E-state index is 12.6. The summed E-state index contributed by atoms with van der Waals surface area (Å²) in [4.78, 5) is 26.0. The van der Waals surface area contributed by atoms with Gasteiger partial charge in [-0.1, -0.05) is 12.1 Å². The minimum absolute atomic E-state index is 0.0412. The van der Waals surface area contributed by atoms with Gasteiger partial charge in [0.05, 0.1) is 25.3 Å². The minimum atomic E-state index is -1.09. The van der Waals surface area contributed by atoms with Crippen molar-refractivity contribution in [1.82, 2.24) is 4.90 Å². The molecule has 35 heavy (non-hydrogen) atoms. The number of aromatic carboxylic acids is 1. The van der Waals surface area contributed by atoms with Gasteiger partial charge in [0.2, 0.25) is 0 Å². The number of ether oxygens (including phenoxy) is 2. The molecule has 4 rings (SSSR count). The minimum Gasteiger partial charge on any atom is -0.493 e. The third-order valence-electron chi connectivity index (χ3n) is 6.27. The quantitative estimate of drug-likeness (QED) is 0.424. The number of carbonyl (C=O) groups excluding carboxylic acids is 1. The van der Waals surface area contributed by atoms with Crippen LogP contribution in [0.1, 0.15) is 37.4 Å². The van der Waals surface area contributed by atoms with Gasteiger partial charge in [0, 0.05) is 31.0 Å². The first-order valence-electron chi connectivity index (χ1n) is 11.4. The van der Waals surface area contributed by atoms with Crippen LogP contribution in [-0.4, -0.2) is 49.2 Å². The third-order valence-corrected chi connectivity index (χ3v) is 6.27. The summed E-state index contributed by atoms with van der Waals surface area (Å²) in [6, 6.07) is 15.9. The number of methoxy groups -OCH3 is 2. The lowest BCUT2D eigenvalue weighted by atomic mass is 9.98. The number of nitrogen functional groups attached to an aromatic ring is 1. The van der Waals surface area contributed by atoms with Crippen molar-refractivity contribution in [3.63, 3.8) is 0 Å². The van der Waals surface area contributed by atoms with E-state index < -0.39 is 5.97 Å². The fraction of sp³-hybridized carbons (Fsp3) is 0.259. The van der Waals surface area contributed by atoms with E-state index in [0.717, 1.165) is 44.0 Å². The van der Waals surface area contributed by atoms with Crippen LogP contribution >= 0.6 is 0 Å². The number of nitrogens with one attached hydrogen (secondary N) is 1. The van der Waals surface area contributed by atoms with E-state index >= 15 is 0 Å². The van der Waals surface area contributed by atoms with Crippen LogP contribution in [-0.2, 0) is 19.4 Å². The molecule has 4 N–H and O–H groups in total. The SMILES string of the molecule is COc1cc2c(cc1OC)CN(CCc1ccc(NC(=O)c3ccc(C(=O)O)cc3N)cc1)CC2. The Hall–Kier alpha value is -4.04. The lowest BCUT2D eigenvalue weighted by Crippen LogP contribution is -2.32. The number of fused-ring (bicyclic) bond motifs is 1. The highest BCUT2D eigenvalue weighted by Gasteiger charge is 2.19. The Bertz CT molecular complexity index is 1240. The van der Waals surface area contributed by atoms with Gasteiger partial charge < -0.3 is 25.6 Å². The lowest BCUT2D eigenvalue weighted by Gasteiger charge is -2.29. The molecule has 8 heteroatoms. The number of nitrogens with two attached hydrogens (primary N) is 1. The summed E-state index contributed by atoms with van der Waals surface area (Å²) in [5.41, 5.74) is 10.7. The molecule has 0 unspecified atom stereocenters. The molecule has 0 saturated carbocycles.